The van der Waals surface area contributed by atoms with Crippen molar-refractivity contribution in [2.24, 2.45) is 0 Å². The lowest BCUT2D eigenvalue weighted by Crippen LogP contribution is -2.10. The topological polar surface area (TPSA) is 94.1 Å². The fourth-order valence-corrected chi connectivity index (χ4v) is 7.14. The molecular formula is C43H44O9. The molecule has 0 fully saturated rings. The minimum atomic E-state index is -1.16. The molecule has 0 bridgehead atoms. The number of hydrogen-bond donors (Lipinski definition) is 1. The third kappa shape index (κ3) is 6.79. The van der Waals surface area contributed by atoms with Crippen LogP contribution in [0.5, 0.6) is 46.0 Å². The van der Waals surface area contributed by atoms with Crippen LogP contribution in [0.3, 0.4) is 0 Å². The molecule has 0 heterocycles. The molecule has 0 aromatic heterocycles. The second kappa shape index (κ2) is 15.6. The van der Waals surface area contributed by atoms with E-state index in [0.29, 0.717) is 45.6 Å². The number of fused-ring (bicyclic) bond motifs is 1. The third-order valence-corrected chi connectivity index (χ3v) is 9.65. The molecule has 1 N–H and O–H groups in total. The van der Waals surface area contributed by atoms with Gasteiger partial charge in [-0.25, -0.2) is 0 Å². The van der Waals surface area contributed by atoms with Crippen LogP contribution in [-0.4, -0.2) is 62.0 Å². The summed E-state index contributed by atoms with van der Waals surface area (Å²) in [6, 6.07) is 29.1. The van der Waals surface area contributed by atoms with Gasteiger partial charge in [0.1, 0.15) is 52.1 Å². The van der Waals surface area contributed by atoms with Crippen LogP contribution in [-0.2, 0) is 0 Å². The molecule has 0 spiro atoms. The Kier molecular flexibility index (Phi) is 10.8. The van der Waals surface area contributed by atoms with E-state index in [4.69, 9.17) is 37.9 Å². The van der Waals surface area contributed by atoms with Crippen molar-refractivity contribution >= 4 is 11.6 Å². The van der Waals surface area contributed by atoms with Crippen LogP contribution in [0.1, 0.15) is 56.9 Å². The van der Waals surface area contributed by atoms with Crippen molar-refractivity contribution < 1.29 is 43.0 Å². The van der Waals surface area contributed by atoms with Crippen LogP contribution in [0.25, 0.3) is 11.6 Å². The van der Waals surface area contributed by atoms with E-state index in [2.05, 4.69) is 18.2 Å². The summed E-state index contributed by atoms with van der Waals surface area (Å²) in [6.07, 6.45) is 0.999. The Morgan fingerprint density at radius 3 is 1.44 bits per heavy atom. The van der Waals surface area contributed by atoms with E-state index in [1.807, 2.05) is 60.7 Å². The molecule has 0 saturated carbocycles. The molecular weight excluding hydrogens is 660 g/mol. The molecule has 0 amide bonds. The van der Waals surface area contributed by atoms with Gasteiger partial charge in [0.05, 0.1) is 56.9 Å². The molecule has 1 aliphatic rings. The lowest BCUT2D eigenvalue weighted by molar-refractivity contribution is 0.213. The quantitative estimate of drug-likeness (QED) is 0.130. The predicted molar refractivity (Wildman–Crippen MR) is 201 cm³/mol. The normalized spacial score (nSPS) is 16.1. The molecule has 270 valence electrons. The highest BCUT2D eigenvalue weighted by Gasteiger charge is 2.45. The summed E-state index contributed by atoms with van der Waals surface area (Å²) in [5.74, 6) is 4.32. The molecule has 9 heteroatoms. The van der Waals surface area contributed by atoms with Gasteiger partial charge in [-0.3, -0.25) is 0 Å². The first kappa shape index (κ1) is 36.0. The van der Waals surface area contributed by atoms with Crippen LogP contribution >= 0.6 is 0 Å². The minimum absolute atomic E-state index is 0.286. The molecule has 52 heavy (non-hydrogen) atoms. The molecule has 1 aliphatic carbocycles. The molecule has 5 aromatic carbocycles. The van der Waals surface area contributed by atoms with Crippen LogP contribution in [0, 0.1) is 0 Å². The Morgan fingerprint density at radius 2 is 0.962 bits per heavy atom. The van der Waals surface area contributed by atoms with Crippen molar-refractivity contribution in [2.75, 3.05) is 56.9 Å². The van der Waals surface area contributed by atoms with Crippen molar-refractivity contribution in [3.8, 4) is 46.0 Å². The van der Waals surface area contributed by atoms with Crippen molar-refractivity contribution in [1.29, 1.82) is 0 Å². The Bertz CT molecular complexity index is 2010. The molecule has 5 aromatic rings. The molecule has 0 radical (unpaired) electrons. The van der Waals surface area contributed by atoms with Crippen LogP contribution in [0.2, 0.25) is 0 Å². The van der Waals surface area contributed by atoms with E-state index in [1.165, 1.54) is 0 Å². The maximum Gasteiger partial charge on any atom is 0.129 e. The van der Waals surface area contributed by atoms with E-state index in [9.17, 15) is 5.11 Å². The van der Waals surface area contributed by atoms with Crippen LogP contribution in [0.4, 0.5) is 0 Å². The zero-order valence-electron chi connectivity index (χ0n) is 30.7. The smallest absolute Gasteiger partial charge is 0.129 e. The molecule has 6 rings (SSSR count). The van der Waals surface area contributed by atoms with Gasteiger partial charge in [0.25, 0.3) is 0 Å². The number of methoxy groups -OCH3 is 8. The third-order valence-electron chi connectivity index (χ3n) is 9.65. The first-order valence-electron chi connectivity index (χ1n) is 16.7. The number of hydrogen-bond acceptors (Lipinski definition) is 9. The summed E-state index contributed by atoms with van der Waals surface area (Å²) in [4.78, 5) is 0. The number of allylic oxidation sites excluding steroid dienone is 1. The largest absolute Gasteiger partial charge is 0.497 e. The van der Waals surface area contributed by atoms with E-state index >= 15 is 0 Å². The highest BCUT2D eigenvalue weighted by atomic mass is 16.5. The number of rotatable bonds is 13. The van der Waals surface area contributed by atoms with E-state index in [0.717, 1.165) is 44.9 Å². The molecule has 3 atom stereocenters. The van der Waals surface area contributed by atoms with Gasteiger partial charge in [-0.05, 0) is 81.9 Å². The van der Waals surface area contributed by atoms with Gasteiger partial charge in [-0.2, -0.15) is 0 Å². The van der Waals surface area contributed by atoms with Gasteiger partial charge in [0.15, 0.2) is 0 Å². The van der Waals surface area contributed by atoms with Crippen molar-refractivity contribution in [3.63, 3.8) is 0 Å². The minimum Gasteiger partial charge on any atom is -0.497 e. The summed E-state index contributed by atoms with van der Waals surface area (Å²) >= 11 is 0. The van der Waals surface area contributed by atoms with E-state index < -0.39 is 6.10 Å². The monoisotopic (exact) mass is 704 g/mol. The Labute approximate surface area is 304 Å². The second-order valence-corrected chi connectivity index (χ2v) is 12.3. The maximum atomic E-state index is 12.5. The van der Waals surface area contributed by atoms with Gasteiger partial charge in [-0.15, -0.1) is 0 Å². The summed E-state index contributed by atoms with van der Waals surface area (Å²) in [5.41, 5.74) is 6.66. The van der Waals surface area contributed by atoms with Crippen LogP contribution in [0.15, 0.2) is 91.0 Å². The van der Waals surface area contributed by atoms with Gasteiger partial charge < -0.3 is 43.0 Å². The average molecular weight is 705 g/mol. The standard InChI is InChI=1S/C43H44O9/c1-45-29-13-9-25(10-14-29)17-35-38(26-11-15-30(46-2)16-12-26)39(27-18-31(47-3)22-32(19-27)48-4)41-36(51-7)24-37(52-8)42(40(35)41)43(44)28-20-33(49-5)23-34(21-28)50-6/h9-24,38-39,43-44H,1-8H3/b35-17+/t38?,39-,43?/m1/s1. The Balaban J connectivity index is 1.75. The van der Waals surface area contributed by atoms with Gasteiger partial charge >= 0.3 is 0 Å². The first-order chi connectivity index (χ1) is 25.3. The van der Waals surface area contributed by atoms with Gasteiger partial charge in [0, 0.05) is 41.2 Å². The Morgan fingerprint density at radius 1 is 0.481 bits per heavy atom. The summed E-state index contributed by atoms with van der Waals surface area (Å²) in [5, 5.41) is 12.5. The zero-order valence-corrected chi connectivity index (χ0v) is 30.7. The summed E-state index contributed by atoms with van der Waals surface area (Å²) in [6.45, 7) is 0. The lowest BCUT2D eigenvalue weighted by Gasteiger charge is -2.25. The highest BCUT2D eigenvalue weighted by molar-refractivity contribution is 5.95. The summed E-state index contributed by atoms with van der Waals surface area (Å²) < 4.78 is 46.1. The number of benzene rings is 5. The maximum absolute atomic E-state index is 12.5. The average Bonchev–Trinajstić information content (AvgIpc) is 3.53. The van der Waals surface area contributed by atoms with Crippen molar-refractivity contribution in [2.45, 2.75) is 17.9 Å². The van der Waals surface area contributed by atoms with E-state index in [1.54, 1.807) is 75.1 Å². The van der Waals surface area contributed by atoms with E-state index in [-0.39, 0.29) is 11.8 Å². The molecule has 9 nitrogen and oxygen atoms in total. The lowest BCUT2D eigenvalue weighted by atomic mass is 9.79. The molecule has 0 aliphatic heterocycles. The summed E-state index contributed by atoms with van der Waals surface area (Å²) in [7, 11) is 13.0. The number of ether oxygens (including phenoxy) is 8. The molecule has 2 unspecified atom stereocenters. The van der Waals surface area contributed by atoms with Crippen LogP contribution < -0.4 is 37.9 Å². The first-order valence-corrected chi connectivity index (χ1v) is 16.7. The Hall–Kier alpha value is -5.80. The second-order valence-electron chi connectivity index (χ2n) is 12.3. The fraction of sp³-hybridized carbons (Fsp3) is 0.256. The zero-order chi connectivity index (χ0) is 36.9. The van der Waals surface area contributed by atoms with Crippen molar-refractivity contribution in [1.82, 2.24) is 0 Å². The van der Waals surface area contributed by atoms with Gasteiger partial charge in [0.2, 0.25) is 0 Å². The SMILES string of the molecule is COc1ccc(/C=C2/c3c(C(O)c4cc(OC)cc(OC)c4)c(OC)cc(OC)c3[C@H](c3cc(OC)cc(OC)c3)C2c2ccc(OC)cc2)cc1. The van der Waals surface area contributed by atoms with Crippen molar-refractivity contribution in [3.05, 3.63) is 130 Å². The molecule has 0 saturated heterocycles. The number of aliphatic hydroxyl groups is 1. The fourth-order valence-electron chi connectivity index (χ4n) is 7.14. The number of aliphatic hydroxyl groups excluding tert-OH is 1. The predicted octanol–water partition coefficient (Wildman–Crippen LogP) is 8.31. The highest BCUT2D eigenvalue weighted by Crippen LogP contribution is 2.61. The van der Waals surface area contributed by atoms with Gasteiger partial charge in [-0.1, -0.05) is 30.3 Å².